The van der Waals surface area contributed by atoms with Crippen molar-refractivity contribution in [2.24, 2.45) is 5.41 Å². The van der Waals surface area contributed by atoms with Crippen LogP contribution in [0.15, 0.2) is 70.4 Å². The molecule has 0 heterocycles. The molecule has 0 saturated heterocycles. The van der Waals surface area contributed by atoms with Gasteiger partial charge in [-0.25, -0.2) is 4.79 Å². The molecule has 0 saturated carbocycles. The van der Waals surface area contributed by atoms with Crippen LogP contribution in [0.4, 0.5) is 0 Å². The van der Waals surface area contributed by atoms with Gasteiger partial charge < -0.3 is 5.11 Å². The Hall–Kier alpha value is -2.09. The van der Waals surface area contributed by atoms with Gasteiger partial charge in [0.1, 0.15) is 0 Å². The SMILES string of the molecule is CC(C=CC1=C(C)CCCC1(C)C)=CC=CC(C)=CC=C(C)C(=O)O. The molecule has 0 radical (unpaired) electrons. The van der Waals surface area contributed by atoms with Gasteiger partial charge in [0.15, 0.2) is 0 Å². The van der Waals surface area contributed by atoms with Gasteiger partial charge >= 0.3 is 5.97 Å². The Labute approximate surface area is 153 Å². The second-order valence-corrected chi connectivity index (χ2v) is 7.60. The minimum atomic E-state index is -0.885. The van der Waals surface area contributed by atoms with Crippen molar-refractivity contribution in [1.29, 1.82) is 0 Å². The van der Waals surface area contributed by atoms with Crippen LogP contribution in [0.5, 0.6) is 0 Å². The zero-order valence-electron chi connectivity index (χ0n) is 16.5. The van der Waals surface area contributed by atoms with E-state index < -0.39 is 5.97 Å². The first-order valence-corrected chi connectivity index (χ1v) is 8.95. The Bertz CT molecular complexity index is 677. The van der Waals surface area contributed by atoms with Crippen molar-refractivity contribution < 1.29 is 9.90 Å². The van der Waals surface area contributed by atoms with E-state index in [9.17, 15) is 4.79 Å². The van der Waals surface area contributed by atoms with E-state index in [-0.39, 0.29) is 5.41 Å². The number of carboxylic acid groups (broad SMARTS) is 1. The predicted molar refractivity (Wildman–Crippen MR) is 108 cm³/mol. The van der Waals surface area contributed by atoms with Gasteiger partial charge in [-0.15, -0.1) is 0 Å². The van der Waals surface area contributed by atoms with Gasteiger partial charge in [0, 0.05) is 5.57 Å². The molecule has 0 aromatic carbocycles. The first-order chi connectivity index (χ1) is 11.6. The molecule has 0 aromatic heterocycles. The summed E-state index contributed by atoms with van der Waals surface area (Å²) in [4.78, 5) is 10.7. The van der Waals surface area contributed by atoms with Crippen molar-refractivity contribution in [3.63, 3.8) is 0 Å². The summed E-state index contributed by atoms with van der Waals surface area (Å²) in [5, 5.41) is 8.83. The van der Waals surface area contributed by atoms with E-state index in [1.807, 2.05) is 25.2 Å². The van der Waals surface area contributed by atoms with Gasteiger partial charge in [0.05, 0.1) is 0 Å². The third kappa shape index (κ3) is 7.13. The molecular weight excluding hydrogens is 308 g/mol. The van der Waals surface area contributed by atoms with Crippen LogP contribution in [0.25, 0.3) is 0 Å². The number of carboxylic acids is 1. The molecule has 0 amide bonds. The summed E-state index contributed by atoms with van der Waals surface area (Å²) in [6.07, 6.45) is 17.7. The minimum absolute atomic E-state index is 0.266. The second-order valence-electron chi connectivity index (χ2n) is 7.60. The monoisotopic (exact) mass is 340 g/mol. The molecule has 0 aliphatic heterocycles. The summed E-state index contributed by atoms with van der Waals surface area (Å²) in [7, 11) is 0. The van der Waals surface area contributed by atoms with E-state index in [0.717, 1.165) is 5.57 Å². The maximum Gasteiger partial charge on any atom is 0.331 e. The molecule has 0 aromatic rings. The number of hydrogen-bond donors (Lipinski definition) is 1. The van der Waals surface area contributed by atoms with Gasteiger partial charge in [-0.1, -0.05) is 73.1 Å². The highest BCUT2D eigenvalue weighted by Gasteiger charge is 2.26. The van der Waals surface area contributed by atoms with Gasteiger partial charge in [0.2, 0.25) is 0 Å². The van der Waals surface area contributed by atoms with E-state index in [4.69, 9.17) is 5.11 Å². The third-order valence-electron chi connectivity index (χ3n) is 4.71. The molecule has 2 nitrogen and oxygen atoms in total. The molecule has 0 atom stereocenters. The topological polar surface area (TPSA) is 37.3 Å². The van der Waals surface area contributed by atoms with Crippen molar-refractivity contribution in [2.75, 3.05) is 0 Å². The lowest BCUT2D eigenvalue weighted by Gasteiger charge is -2.32. The molecular formula is C23H32O2. The van der Waals surface area contributed by atoms with Gasteiger partial charge in [0.25, 0.3) is 0 Å². The Morgan fingerprint density at radius 1 is 1.04 bits per heavy atom. The van der Waals surface area contributed by atoms with Crippen LogP contribution >= 0.6 is 0 Å². The lowest BCUT2D eigenvalue weighted by atomic mass is 9.72. The quantitative estimate of drug-likeness (QED) is 0.440. The number of rotatable bonds is 6. The largest absolute Gasteiger partial charge is 0.478 e. The standard InChI is InChI=1S/C23H32O2/c1-17(12-14-20(4)22(24)25)9-7-10-18(2)13-15-21-19(3)11-8-16-23(21,5)6/h7,9-10,12-15H,8,11,16H2,1-6H3,(H,24,25). The Kier molecular flexibility index (Phi) is 7.89. The van der Waals surface area contributed by atoms with E-state index in [0.29, 0.717) is 5.57 Å². The van der Waals surface area contributed by atoms with Crippen molar-refractivity contribution in [3.8, 4) is 0 Å². The molecule has 1 aliphatic rings. The molecule has 1 N–H and O–H groups in total. The molecule has 1 aliphatic carbocycles. The molecule has 0 unspecified atom stereocenters. The lowest BCUT2D eigenvalue weighted by Crippen LogP contribution is -2.19. The number of allylic oxidation sites excluding steroid dienone is 11. The Balaban J connectivity index is 2.77. The van der Waals surface area contributed by atoms with Crippen LogP contribution in [0, 0.1) is 5.41 Å². The highest BCUT2D eigenvalue weighted by Crippen LogP contribution is 2.40. The van der Waals surface area contributed by atoms with Crippen molar-refractivity contribution in [1.82, 2.24) is 0 Å². The summed E-state index contributed by atoms with van der Waals surface area (Å²) in [5.74, 6) is -0.885. The van der Waals surface area contributed by atoms with E-state index >= 15 is 0 Å². The highest BCUT2D eigenvalue weighted by atomic mass is 16.4. The van der Waals surface area contributed by atoms with Crippen molar-refractivity contribution in [3.05, 3.63) is 70.4 Å². The minimum Gasteiger partial charge on any atom is -0.478 e. The first kappa shape index (κ1) is 21.0. The van der Waals surface area contributed by atoms with Gasteiger partial charge in [-0.3, -0.25) is 0 Å². The predicted octanol–water partition coefficient (Wildman–Crippen LogP) is 6.55. The lowest BCUT2D eigenvalue weighted by molar-refractivity contribution is -0.132. The fraction of sp³-hybridized carbons (Fsp3) is 0.435. The summed E-state index contributed by atoms with van der Waals surface area (Å²) in [6, 6.07) is 0. The van der Waals surface area contributed by atoms with Crippen molar-refractivity contribution in [2.45, 2.75) is 60.8 Å². The van der Waals surface area contributed by atoms with Crippen LogP contribution in [-0.4, -0.2) is 11.1 Å². The van der Waals surface area contributed by atoms with E-state index in [2.05, 4.69) is 45.9 Å². The first-order valence-electron chi connectivity index (χ1n) is 8.95. The fourth-order valence-corrected chi connectivity index (χ4v) is 3.02. The third-order valence-corrected chi connectivity index (χ3v) is 4.71. The van der Waals surface area contributed by atoms with Gasteiger partial charge in [-0.05, 0) is 57.9 Å². The van der Waals surface area contributed by atoms with Gasteiger partial charge in [-0.2, -0.15) is 0 Å². The van der Waals surface area contributed by atoms with Crippen LogP contribution < -0.4 is 0 Å². The summed E-state index contributed by atoms with van der Waals surface area (Å²) >= 11 is 0. The number of aliphatic carboxylic acids is 1. The number of hydrogen-bond acceptors (Lipinski definition) is 1. The molecule has 136 valence electrons. The average molecular weight is 341 g/mol. The second kappa shape index (κ2) is 9.41. The zero-order chi connectivity index (χ0) is 19.0. The maximum atomic E-state index is 10.7. The van der Waals surface area contributed by atoms with Crippen LogP contribution in [0.2, 0.25) is 0 Å². The molecule has 2 heteroatoms. The van der Waals surface area contributed by atoms with Crippen molar-refractivity contribution >= 4 is 5.97 Å². The Morgan fingerprint density at radius 3 is 2.28 bits per heavy atom. The molecule has 0 spiro atoms. The zero-order valence-corrected chi connectivity index (χ0v) is 16.5. The normalized spacial score (nSPS) is 20.0. The summed E-state index contributed by atoms with van der Waals surface area (Å²) in [5.41, 5.74) is 5.79. The smallest absolute Gasteiger partial charge is 0.331 e. The molecule has 1 rings (SSSR count). The van der Waals surface area contributed by atoms with Crippen LogP contribution in [0.1, 0.15) is 60.8 Å². The number of carbonyl (C=O) groups is 1. The van der Waals surface area contributed by atoms with E-state index in [1.165, 1.54) is 36.0 Å². The molecule has 0 fully saturated rings. The van der Waals surface area contributed by atoms with E-state index in [1.54, 1.807) is 13.0 Å². The average Bonchev–Trinajstić information content (AvgIpc) is 2.51. The van der Waals surface area contributed by atoms with Crippen LogP contribution in [0.3, 0.4) is 0 Å². The van der Waals surface area contributed by atoms with Crippen LogP contribution in [-0.2, 0) is 4.79 Å². The molecule has 0 bridgehead atoms. The summed E-state index contributed by atoms with van der Waals surface area (Å²) in [6.45, 7) is 12.6. The fourth-order valence-electron chi connectivity index (χ4n) is 3.02. The Morgan fingerprint density at radius 2 is 1.68 bits per heavy atom. The maximum absolute atomic E-state index is 10.7. The highest BCUT2D eigenvalue weighted by molar-refractivity contribution is 5.86. The molecule has 25 heavy (non-hydrogen) atoms. The summed E-state index contributed by atoms with van der Waals surface area (Å²) < 4.78 is 0.